The maximum atomic E-state index is 10.1. The molecule has 1 saturated heterocycles. The molecule has 0 amide bonds. The summed E-state index contributed by atoms with van der Waals surface area (Å²) in [5.41, 5.74) is 9.15. The predicted octanol–water partition coefficient (Wildman–Crippen LogP) is 1.19. The van der Waals surface area contributed by atoms with Gasteiger partial charge in [0.2, 0.25) is 0 Å². The van der Waals surface area contributed by atoms with Crippen LogP contribution in [0.25, 0.3) is 5.52 Å². The van der Waals surface area contributed by atoms with Gasteiger partial charge in [-0.25, -0.2) is 9.50 Å². The molecule has 0 unspecified atom stereocenters. The van der Waals surface area contributed by atoms with Crippen LogP contribution in [0, 0.1) is 0 Å². The molecule has 1 aliphatic rings. The van der Waals surface area contributed by atoms with Crippen LogP contribution in [0.5, 0.6) is 0 Å². The van der Waals surface area contributed by atoms with Crippen molar-refractivity contribution in [1.82, 2.24) is 24.5 Å². The van der Waals surface area contributed by atoms with Gasteiger partial charge in [-0.05, 0) is 42.7 Å². The van der Waals surface area contributed by atoms with E-state index >= 15 is 0 Å². The molecule has 3 aromatic heterocycles. The maximum absolute atomic E-state index is 10.1. The third kappa shape index (κ3) is 3.78. The first kappa shape index (κ1) is 17.8. The first-order chi connectivity index (χ1) is 13.1. The Balaban J connectivity index is 1.58. The summed E-state index contributed by atoms with van der Waals surface area (Å²) in [5.74, 6) is 0.795. The number of pyridine rings is 1. The van der Waals surface area contributed by atoms with Crippen molar-refractivity contribution >= 4 is 11.3 Å². The van der Waals surface area contributed by atoms with Gasteiger partial charge in [0.15, 0.2) is 5.82 Å². The van der Waals surface area contributed by atoms with Crippen molar-refractivity contribution in [3.05, 3.63) is 54.2 Å². The molecule has 27 heavy (non-hydrogen) atoms. The summed E-state index contributed by atoms with van der Waals surface area (Å²) >= 11 is 0. The van der Waals surface area contributed by atoms with Crippen molar-refractivity contribution in [2.75, 3.05) is 18.4 Å². The van der Waals surface area contributed by atoms with Crippen molar-refractivity contribution in [2.45, 2.75) is 38.1 Å². The summed E-state index contributed by atoms with van der Waals surface area (Å²) in [6, 6.07) is 6.01. The van der Waals surface area contributed by atoms with Gasteiger partial charge in [-0.3, -0.25) is 9.88 Å². The summed E-state index contributed by atoms with van der Waals surface area (Å²) in [5, 5.41) is 17.9. The molecule has 0 radical (unpaired) electrons. The molecular weight excluding hydrogens is 342 g/mol. The number of β-amino-alcohol motifs (C(OH)–C–C–N with tert-alkyl or cyclic N) is 1. The van der Waals surface area contributed by atoms with E-state index < -0.39 is 6.10 Å². The van der Waals surface area contributed by atoms with E-state index in [1.54, 1.807) is 18.7 Å². The molecule has 0 spiro atoms. The van der Waals surface area contributed by atoms with Crippen molar-refractivity contribution < 1.29 is 5.11 Å². The van der Waals surface area contributed by atoms with Gasteiger partial charge in [0.25, 0.3) is 0 Å². The Morgan fingerprint density at radius 2 is 2.15 bits per heavy atom. The molecule has 4 rings (SSSR count). The van der Waals surface area contributed by atoms with Gasteiger partial charge in [0.1, 0.15) is 11.8 Å². The molecule has 4 N–H and O–H groups in total. The highest BCUT2D eigenvalue weighted by atomic mass is 16.3. The standard InChI is InChI=1S/C19H25N7O/c1-13(14-2-6-21-7-3-14)24-19-18-15(4-9-26(18)23-12-22-19)10-25-8-5-16(20)17(27)11-25/h2-4,6-7,9,12-13,16-17,27H,5,8,10-11,20H2,1H3,(H,22,23,24)/t13-,16+,17+/m0/s1. The molecule has 1 aliphatic heterocycles. The fourth-order valence-corrected chi connectivity index (χ4v) is 3.59. The number of piperidine rings is 1. The Morgan fingerprint density at radius 3 is 2.93 bits per heavy atom. The van der Waals surface area contributed by atoms with Crippen LogP contribution in [0.15, 0.2) is 43.1 Å². The molecule has 4 heterocycles. The predicted molar refractivity (Wildman–Crippen MR) is 103 cm³/mol. The molecule has 1 fully saturated rings. The molecule has 8 heteroatoms. The van der Waals surface area contributed by atoms with E-state index in [0.717, 1.165) is 42.0 Å². The fraction of sp³-hybridized carbons (Fsp3) is 0.421. The largest absolute Gasteiger partial charge is 0.390 e. The lowest BCUT2D eigenvalue weighted by atomic mass is 10.0. The molecule has 0 saturated carbocycles. The summed E-state index contributed by atoms with van der Waals surface area (Å²) in [4.78, 5) is 10.8. The first-order valence-electron chi connectivity index (χ1n) is 9.25. The molecule has 8 nitrogen and oxygen atoms in total. The smallest absolute Gasteiger partial charge is 0.154 e. The number of hydrogen-bond donors (Lipinski definition) is 3. The minimum Gasteiger partial charge on any atom is -0.390 e. The van der Waals surface area contributed by atoms with Crippen molar-refractivity contribution in [1.29, 1.82) is 0 Å². The van der Waals surface area contributed by atoms with E-state index in [1.807, 2.05) is 22.8 Å². The van der Waals surface area contributed by atoms with Crippen LogP contribution in [0.1, 0.15) is 30.5 Å². The van der Waals surface area contributed by atoms with Gasteiger partial charge in [-0.2, -0.15) is 5.10 Å². The highest BCUT2D eigenvalue weighted by Gasteiger charge is 2.25. The van der Waals surface area contributed by atoms with Crippen LogP contribution in [0.2, 0.25) is 0 Å². The molecule has 142 valence electrons. The van der Waals surface area contributed by atoms with Gasteiger partial charge >= 0.3 is 0 Å². The van der Waals surface area contributed by atoms with Gasteiger partial charge in [-0.15, -0.1) is 0 Å². The van der Waals surface area contributed by atoms with Gasteiger partial charge < -0.3 is 16.2 Å². The third-order valence-electron chi connectivity index (χ3n) is 5.21. The zero-order valence-electron chi connectivity index (χ0n) is 15.4. The Hall–Kier alpha value is -2.55. The van der Waals surface area contributed by atoms with E-state index in [1.165, 1.54) is 0 Å². The summed E-state index contributed by atoms with van der Waals surface area (Å²) in [6.07, 6.45) is 7.40. The van der Waals surface area contributed by atoms with Crippen molar-refractivity contribution in [3.8, 4) is 0 Å². The lowest BCUT2D eigenvalue weighted by molar-refractivity contribution is 0.0501. The number of aromatic nitrogens is 4. The van der Waals surface area contributed by atoms with E-state index in [-0.39, 0.29) is 12.1 Å². The minimum absolute atomic E-state index is 0.0873. The number of nitrogens with one attached hydrogen (secondary N) is 1. The van der Waals surface area contributed by atoms with Crippen LogP contribution < -0.4 is 11.1 Å². The Morgan fingerprint density at radius 1 is 1.33 bits per heavy atom. The number of nitrogens with zero attached hydrogens (tertiary/aromatic N) is 5. The van der Waals surface area contributed by atoms with Crippen LogP contribution in [0.3, 0.4) is 0 Å². The topological polar surface area (TPSA) is 105 Å². The van der Waals surface area contributed by atoms with Crippen molar-refractivity contribution in [2.24, 2.45) is 5.73 Å². The number of aliphatic hydroxyl groups is 1. The second-order valence-electron chi connectivity index (χ2n) is 7.14. The van der Waals surface area contributed by atoms with Gasteiger partial charge in [0.05, 0.1) is 12.1 Å². The number of hydrogen-bond acceptors (Lipinski definition) is 7. The second kappa shape index (κ2) is 7.59. The lowest BCUT2D eigenvalue weighted by Gasteiger charge is -2.33. The third-order valence-corrected chi connectivity index (χ3v) is 5.21. The van der Waals surface area contributed by atoms with Crippen LogP contribution in [-0.2, 0) is 6.54 Å². The van der Waals surface area contributed by atoms with E-state index in [0.29, 0.717) is 6.54 Å². The SMILES string of the molecule is C[C@H](Nc1ncnn2ccc(CN3CC[C@@H](N)[C@H](O)C3)c12)c1ccncc1. The van der Waals surface area contributed by atoms with Gasteiger partial charge in [-0.1, -0.05) is 0 Å². The van der Waals surface area contributed by atoms with E-state index in [4.69, 9.17) is 5.73 Å². The number of fused-ring (bicyclic) bond motifs is 1. The molecule has 0 aromatic carbocycles. The lowest BCUT2D eigenvalue weighted by Crippen LogP contribution is -2.50. The van der Waals surface area contributed by atoms with E-state index in [9.17, 15) is 5.11 Å². The zero-order chi connectivity index (χ0) is 18.8. The maximum Gasteiger partial charge on any atom is 0.154 e. The highest BCUT2D eigenvalue weighted by Crippen LogP contribution is 2.25. The number of likely N-dealkylation sites (tertiary alicyclic amines) is 1. The summed E-state index contributed by atoms with van der Waals surface area (Å²) < 4.78 is 1.84. The summed E-state index contributed by atoms with van der Waals surface area (Å²) in [6.45, 7) is 4.28. The van der Waals surface area contributed by atoms with E-state index in [2.05, 4.69) is 38.3 Å². The fourth-order valence-electron chi connectivity index (χ4n) is 3.59. The number of nitrogens with two attached hydrogens (primary N) is 1. The molecular formula is C19H25N7O. The number of rotatable bonds is 5. The van der Waals surface area contributed by atoms with Crippen molar-refractivity contribution in [3.63, 3.8) is 0 Å². The van der Waals surface area contributed by atoms with Crippen LogP contribution in [-0.4, -0.2) is 54.8 Å². The number of anilines is 1. The molecule has 3 aromatic rings. The average Bonchev–Trinajstić information content (AvgIpc) is 3.09. The normalized spacial score (nSPS) is 22.0. The monoisotopic (exact) mass is 367 g/mol. The molecule has 3 atom stereocenters. The quantitative estimate of drug-likeness (QED) is 0.622. The molecule has 0 aliphatic carbocycles. The Labute approximate surface area is 158 Å². The van der Waals surface area contributed by atoms with Crippen LogP contribution in [0.4, 0.5) is 5.82 Å². The first-order valence-corrected chi connectivity index (χ1v) is 9.25. The highest BCUT2D eigenvalue weighted by molar-refractivity contribution is 5.72. The number of aliphatic hydroxyl groups excluding tert-OH is 1. The minimum atomic E-state index is -0.479. The Kier molecular flexibility index (Phi) is 5.02. The molecule has 0 bridgehead atoms. The van der Waals surface area contributed by atoms with Gasteiger partial charge in [0, 0.05) is 44.3 Å². The average molecular weight is 367 g/mol. The Bertz CT molecular complexity index is 897. The zero-order valence-corrected chi connectivity index (χ0v) is 15.4. The second-order valence-corrected chi connectivity index (χ2v) is 7.14. The van der Waals surface area contributed by atoms with Crippen LogP contribution >= 0.6 is 0 Å². The summed E-state index contributed by atoms with van der Waals surface area (Å²) in [7, 11) is 0.